The van der Waals surface area contributed by atoms with Crippen LogP contribution < -0.4 is 24.3 Å². The number of carbonyl (C=O) groups excluding carboxylic acids is 2. The number of hydrogen-bond acceptors (Lipinski definition) is 10. The molecule has 0 spiro atoms. The van der Waals surface area contributed by atoms with Gasteiger partial charge >= 0.3 is 12.1 Å². The maximum atomic E-state index is 13.3. The fraction of sp³-hybridized carbons (Fsp3) is 0.405. The molecule has 4 heterocycles. The number of esters is 1. The molecule has 51 heavy (non-hydrogen) atoms. The summed E-state index contributed by atoms with van der Waals surface area (Å²) >= 11 is 0. The molecule has 3 aromatic carbocycles. The van der Waals surface area contributed by atoms with Crippen molar-refractivity contribution in [1.29, 1.82) is 0 Å². The maximum absolute atomic E-state index is 13.3. The van der Waals surface area contributed by atoms with Crippen LogP contribution >= 0.6 is 0 Å². The van der Waals surface area contributed by atoms with Gasteiger partial charge in [-0.05, 0) is 68.6 Å². The molecule has 2 bridgehead atoms. The summed E-state index contributed by atoms with van der Waals surface area (Å²) in [6, 6.07) is 4.48. The molecule has 11 nitrogen and oxygen atoms in total. The van der Waals surface area contributed by atoms with E-state index in [2.05, 4.69) is 5.32 Å². The summed E-state index contributed by atoms with van der Waals surface area (Å²) in [4.78, 5) is 29.7. The van der Waals surface area contributed by atoms with Gasteiger partial charge in [-0.1, -0.05) is 18.2 Å². The summed E-state index contributed by atoms with van der Waals surface area (Å²) in [6.45, 7) is 4.76. The van der Waals surface area contributed by atoms with E-state index in [1.165, 1.54) is 32.2 Å². The Kier molecular flexibility index (Phi) is 8.67. The monoisotopic (exact) mass is 709 g/mol. The van der Waals surface area contributed by atoms with E-state index in [0.29, 0.717) is 51.7 Å². The second kappa shape index (κ2) is 12.8. The molecule has 0 aromatic heterocycles. The van der Waals surface area contributed by atoms with E-state index in [9.17, 15) is 33.0 Å². The van der Waals surface area contributed by atoms with Crippen LogP contribution in [0.4, 0.5) is 13.2 Å². The zero-order chi connectivity index (χ0) is 36.5. The Morgan fingerprint density at radius 3 is 2.53 bits per heavy atom. The molecule has 3 aromatic rings. The van der Waals surface area contributed by atoms with Crippen molar-refractivity contribution in [2.45, 2.75) is 70.2 Å². The van der Waals surface area contributed by atoms with Gasteiger partial charge in [-0.25, -0.2) is 0 Å². The number of carbonyl (C=O) groups is 2. The topological polar surface area (TPSA) is 130 Å². The largest absolute Gasteiger partial charge is 0.504 e. The number of alkyl halides is 3. The van der Waals surface area contributed by atoms with Crippen LogP contribution in [-0.2, 0) is 28.6 Å². The quantitative estimate of drug-likeness (QED) is 0.188. The molecule has 14 heteroatoms. The summed E-state index contributed by atoms with van der Waals surface area (Å²) in [5.74, 6) is 0.325. The van der Waals surface area contributed by atoms with Gasteiger partial charge in [0, 0.05) is 47.8 Å². The number of methoxy groups -OCH3 is 1. The second-order valence-electron chi connectivity index (χ2n) is 13.4. The minimum Gasteiger partial charge on any atom is -0.504 e. The number of rotatable bonds is 6. The molecule has 5 unspecified atom stereocenters. The van der Waals surface area contributed by atoms with Crippen molar-refractivity contribution in [2.75, 3.05) is 27.5 Å². The van der Waals surface area contributed by atoms with Crippen LogP contribution in [0.1, 0.15) is 63.5 Å². The van der Waals surface area contributed by atoms with Gasteiger partial charge in [-0.3, -0.25) is 19.4 Å². The van der Waals surface area contributed by atoms with Crippen LogP contribution in [0.25, 0.3) is 6.08 Å². The molecule has 270 valence electrons. The number of phenolic OH excluding ortho intramolecular Hbond substituents is 1. The molecule has 4 aliphatic rings. The zero-order valence-corrected chi connectivity index (χ0v) is 28.6. The lowest BCUT2D eigenvalue weighted by Crippen LogP contribution is -2.69. The van der Waals surface area contributed by atoms with Crippen molar-refractivity contribution < 1.29 is 51.9 Å². The average Bonchev–Trinajstić information content (AvgIpc) is 3.57. The van der Waals surface area contributed by atoms with Crippen molar-refractivity contribution in [3.63, 3.8) is 0 Å². The lowest BCUT2D eigenvalue weighted by molar-refractivity contribution is -0.172. The molecule has 1 amide bonds. The van der Waals surface area contributed by atoms with Gasteiger partial charge in [0.1, 0.15) is 12.0 Å². The van der Waals surface area contributed by atoms with Gasteiger partial charge in [0.25, 0.3) is 0 Å². The van der Waals surface area contributed by atoms with Crippen molar-refractivity contribution in [3.05, 3.63) is 80.9 Å². The molecular weight excluding hydrogens is 671 g/mol. The van der Waals surface area contributed by atoms with Crippen LogP contribution in [-0.4, -0.2) is 77.7 Å². The number of phenols is 1. The highest BCUT2D eigenvalue weighted by Crippen LogP contribution is 2.58. The molecule has 7 rings (SSSR count). The Labute approximate surface area is 292 Å². The van der Waals surface area contributed by atoms with Gasteiger partial charge in [0.15, 0.2) is 23.0 Å². The Bertz CT molecular complexity index is 1960. The molecule has 1 saturated heterocycles. The number of fused-ring (bicyclic) bond motifs is 9. The fourth-order valence-corrected chi connectivity index (χ4v) is 8.37. The minimum atomic E-state index is -4.53. The van der Waals surface area contributed by atoms with Gasteiger partial charge < -0.3 is 34.5 Å². The predicted molar refractivity (Wildman–Crippen MR) is 178 cm³/mol. The molecule has 0 radical (unpaired) electrons. The first-order valence-electron chi connectivity index (χ1n) is 16.5. The van der Waals surface area contributed by atoms with Crippen LogP contribution in [0.5, 0.6) is 28.7 Å². The first-order valence-corrected chi connectivity index (χ1v) is 16.5. The number of piperazine rings is 1. The number of halogens is 3. The van der Waals surface area contributed by atoms with Crippen molar-refractivity contribution in [1.82, 2.24) is 15.1 Å². The molecule has 0 aliphatic carbocycles. The average molecular weight is 710 g/mol. The van der Waals surface area contributed by atoms with E-state index in [0.717, 1.165) is 29.3 Å². The van der Waals surface area contributed by atoms with Gasteiger partial charge in [-0.2, -0.15) is 13.2 Å². The number of aromatic hydroxyl groups is 1. The number of nitrogens with one attached hydrogen (secondary N) is 1. The lowest BCUT2D eigenvalue weighted by atomic mass is 9.73. The van der Waals surface area contributed by atoms with Crippen molar-refractivity contribution in [2.24, 2.45) is 0 Å². The first kappa shape index (κ1) is 34.6. The van der Waals surface area contributed by atoms with Gasteiger partial charge in [0.2, 0.25) is 12.7 Å². The SMILES string of the molecule is COc1c(C)cc2c(c1O)C1C3Cc4c(OC(C)=O)c(C)c5c(c4C(CNC(=O)/C=C/c4cccc(C(F)(F)F)c4)N3C(O)C(C2)N1C)OCO5. The summed E-state index contributed by atoms with van der Waals surface area (Å²) in [6.07, 6.45) is -2.46. The Hall–Kier alpha value is -4.79. The number of aliphatic hydroxyl groups excluding tert-OH is 1. The third-order valence-electron chi connectivity index (χ3n) is 10.5. The van der Waals surface area contributed by atoms with Crippen molar-refractivity contribution >= 4 is 18.0 Å². The van der Waals surface area contributed by atoms with Crippen LogP contribution in [0, 0.1) is 13.8 Å². The highest BCUT2D eigenvalue weighted by molar-refractivity contribution is 5.91. The van der Waals surface area contributed by atoms with Crippen LogP contribution in [0.2, 0.25) is 0 Å². The number of amides is 1. The molecule has 1 fully saturated rings. The smallest absolute Gasteiger partial charge is 0.416 e. The minimum absolute atomic E-state index is 0.0107. The normalized spacial score (nSPS) is 23.7. The molecule has 0 saturated carbocycles. The standard InChI is InChI=1S/C37H38F3N3O8/c1-17-11-21-13-25-36(47)43-24(30(42(25)4)28(21)31(46)32(17)48-5)14-23-29(35-34(49-16-50-35)18(2)33(23)51-19(3)44)26(43)15-41-27(45)10-9-20-7-6-8-22(12-20)37(38,39)40/h6-12,24-26,30,36,46-47H,13-16H2,1-5H3,(H,41,45)/b10-9+. The van der Waals surface area contributed by atoms with Crippen LogP contribution in [0.15, 0.2) is 36.4 Å². The predicted octanol–water partition coefficient (Wildman–Crippen LogP) is 4.72. The second-order valence-corrected chi connectivity index (χ2v) is 13.4. The highest BCUT2D eigenvalue weighted by Gasteiger charge is 2.56. The van der Waals surface area contributed by atoms with E-state index in [1.54, 1.807) is 6.92 Å². The molecule has 3 N–H and O–H groups in total. The summed E-state index contributed by atoms with van der Waals surface area (Å²) in [5, 5.41) is 26.7. The van der Waals surface area contributed by atoms with E-state index < -0.39 is 54.0 Å². The molecule has 4 aliphatic heterocycles. The molecule has 5 atom stereocenters. The van der Waals surface area contributed by atoms with E-state index in [-0.39, 0.29) is 31.1 Å². The first-order chi connectivity index (χ1) is 24.2. The number of benzene rings is 3. The number of aliphatic hydroxyl groups is 1. The Morgan fingerprint density at radius 2 is 1.82 bits per heavy atom. The Morgan fingerprint density at radius 1 is 1.08 bits per heavy atom. The Balaban J connectivity index is 1.33. The van der Waals surface area contributed by atoms with E-state index in [1.807, 2.05) is 29.8 Å². The zero-order valence-electron chi connectivity index (χ0n) is 28.6. The third-order valence-corrected chi connectivity index (χ3v) is 10.5. The van der Waals surface area contributed by atoms with Gasteiger partial charge in [0.05, 0.1) is 30.8 Å². The third kappa shape index (κ3) is 5.75. The van der Waals surface area contributed by atoms with Crippen molar-refractivity contribution in [3.8, 4) is 28.7 Å². The number of likely N-dealkylation sites (N-methyl/N-ethyl adjacent to an activating group) is 1. The van der Waals surface area contributed by atoms with E-state index in [4.69, 9.17) is 18.9 Å². The van der Waals surface area contributed by atoms with E-state index >= 15 is 0 Å². The maximum Gasteiger partial charge on any atom is 0.416 e. The summed E-state index contributed by atoms with van der Waals surface area (Å²) < 4.78 is 63.1. The summed E-state index contributed by atoms with van der Waals surface area (Å²) in [5.41, 5.74) is 3.45. The number of aryl methyl sites for hydroxylation is 1. The van der Waals surface area contributed by atoms with Gasteiger partial charge in [-0.15, -0.1) is 0 Å². The number of nitrogens with zero attached hydrogens (tertiary/aromatic N) is 2. The lowest BCUT2D eigenvalue weighted by Gasteiger charge is -2.60. The molecular formula is C37H38F3N3O8. The number of ether oxygens (including phenoxy) is 4. The van der Waals surface area contributed by atoms with Crippen LogP contribution in [0.3, 0.4) is 0 Å². The number of hydrogen-bond donors (Lipinski definition) is 3. The highest BCUT2D eigenvalue weighted by atomic mass is 19.4. The summed E-state index contributed by atoms with van der Waals surface area (Å²) in [7, 11) is 3.39. The fourth-order valence-electron chi connectivity index (χ4n) is 8.37.